The summed E-state index contributed by atoms with van der Waals surface area (Å²) in [5, 5.41) is 3.35. The normalized spacial score (nSPS) is 16.3. The molecule has 1 N–H and O–H groups in total. The second-order valence-electron chi connectivity index (χ2n) is 5.68. The molecule has 0 aromatic carbocycles. The molecule has 0 spiro atoms. The molecule has 0 radical (unpaired) electrons. The minimum absolute atomic E-state index is 0.0164. The third kappa shape index (κ3) is 4.94. The fourth-order valence-electron chi connectivity index (χ4n) is 2.79. The van der Waals surface area contributed by atoms with Gasteiger partial charge in [0.1, 0.15) is 0 Å². The van der Waals surface area contributed by atoms with Crippen LogP contribution < -0.4 is 5.32 Å². The van der Waals surface area contributed by atoms with Crippen molar-refractivity contribution in [1.29, 1.82) is 0 Å². The van der Waals surface area contributed by atoms with Crippen LogP contribution in [0.5, 0.6) is 0 Å². The zero-order valence-electron chi connectivity index (χ0n) is 14.2. The number of likely N-dealkylation sites (tertiary alicyclic amines) is 1. The van der Waals surface area contributed by atoms with Crippen LogP contribution in [0.1, 0.15) is 31.2 Å². The van der Waals surface area contributed by atoms with Crippen LogP contribution in [0.4, 0.5) is 0 Å². The van der Waals surface area contributed by atoms with Crippen molar-refractivity contribution in [2.45, 2.75) is 33.2 Å². The van der Waals surface area contributed by atoms with E-state index in [2.05, 4.69) is 20.2 Å². The van der Waals surface area contributed by atoms with Crippen molar-refractivity contribution in [2.24, 2.45) is 10.9 Å². The average molecular weight is 318 g/mol. The maximum Gasteiger partial charge on any atom is 0.309 e. The van der Waals surface area contributed by atoms with Crippen molar-refractivity contribution in [2.75, 3.05) is 26.7 Å². The van der Waals surface area contributed by atoms with Crippen LogP contribution >= 0.6 is 0 Å². The Morgan fingerprint density at radius 2 is 2.17 bits per heavy atom. The minimum Gasteiger partial charge on any atom is -0.466 e. The number of carbonyl (C=O) groups is 1. The molecule has 1 aliphatic rings. The zero-order chi connectivity index (χ0) is 16.7. The summed E-state index contributed by atoms with van der Waals surface area (Å²) in [6.07, 6.45) is 1.62. The highest BCUT2D eigenvalue weighted by Crippen LogP contribution is 2.18. The Kier molecular flexibility index (Phi) is 6.38. The molecule has 6 heteroatoms. The van der Waals surface area contributed by atoms with Gasteiger partial charge in [-0.2, -0.15) is 0 Å². The smallest absolute Gasteiger partial charge is 0.309 e. The number of hydrogen-bond donors (Lipinski definition) is 1. The van der Waals surface area contributed by atoms with Gasteiger partial charge in [-0.3, -0.25) is 14.8 Å². The summed E-state index contributed by atoms with van der Waals surface area (Å²) in [6.45, 7) is 6.54. The molecular weight excluding hydrogens is 292 g/mol. The van der Waals surface area contributed by atoms with Gasteiger partial charge in [-0.05, 0) is 38.8 Å². The van der Waals surface area contributed by atoms with Gasteiger partial charge in [0.2, 0.25) is 0 Å². The van der Waals surface area contributed by atoms with Crippen LogP contribution in [0.25, 0.3) is 0 Å². The molecule has 0 bridgehead atoms. The van der Waals surface area contributed by atoms with Crippen molar-refractivity contribution in [3.8, 4) is 0 Å². The molecule has 0 aliphatic carbocycles. The summed E-state index contributed by atoms with van der Waals surface area (Å²) in [5.74, 6) is 0.803. The first-order chi connectivity index (χ1) is 11.1. The highest BCUT2D eigenvalue weighted by atomic mass is 16.5. The van der Waals surface area contributed by atoms with E-state index < -0.39 is 0 Å². The SMILES string of the molecule is CCOC(=O)C1CCN(C(=NC)NCc2cccc(C)n2)CC1. The molecule has 126 valence electrons. The number of carbonyl (C=O) groups excluding carboxylic acids is 1. The number of rotatable bonds is 4. The van der Waals surface area contributed by atoms with Crippen LogP contribution in [0, 0.1) is 12.8 Å². The number of piperidine rings is 1. The molecule has 6 nitrogen and oxygen atoms in total. The van der Waals surface area contributed by atoms with E-state index in [9.17, 15) is 4.79 Å². The van der Waals surface area contributed by atoms with Gasteiger partial charge in [-0.25, -0.2) is 0 Å². The molecule has 1 saturated heterocycles. The molecular formula is C17H26N4O2. The van der Waals surface area contributed by atoms with Gasteiger partial charge in [0, 0.05) is 25.8 Å². The molecule has 0 atom stereocenters. The van der Waals surface area contributed by atoms with E-state index >= 15 is 0 Å². The fraction of sp³-hybridized carbons (Fsp3) is 0.588. The molecule has 0 unspecified atom stereocenters. The highest BCUT2D eigenvalue weighted by molar-refractivity contribution is 5.80. The van der Waals surface area contributed by atoms with Crippen molar-refractivity contribution in [3.05, 3.63) is 29.6 Å². The number of pyridine rings is 1. The minimum atomic E-state index is -0.0703. The Morgan fingerprint density at radius 1 is 1.43 bits per heavy atom. The molecule has 23 heavy (non-hydrogen) atoms. The van der Waals surface area contributed by atoms with Gasteiger partial charge in [-0.15, -0.1) is 0 Å². The maximum atomic E-state index is 11.8. The third-order valence-corrected chi connectivity index (χ3v) is 4.00. The molecule has 1 fully saturated rings. The van der Waals surface area contributed by atoms with Gasteiger partial charge < -0.3 is 15.0 Å². The molecule has 2 heterocycles. The van der Waals surface area contributed by atoms with Crippen LogP contribution in [0.2, 0.25) is 0 Å². The Hall–Kier alpha value is -2.11. The van der Waals surface area contributed by atoms with Gasteiger partial charge in [0.25, 0.3) is 0 Å². The summed E-state index contributed by atoms with van der Waals surface area (Å²) < 4.78 is 5.11. The van der Waals surface area contributed by atoms with E-state index in [1.54, 1.807) is 7.05 Å². The van der Waals surface area contributed by atoms with E-state index in [-0.39, 0.29) is 11.9 Å². The summed E-state index contributed by atoms with van der Waals surface area (Å²) in [4.78, 5) is 22.8. The van der Waals surface area contributed by atoms with Crippen molar-refractivity contribution in [1.82, 2.24) is 15.2 Å². The number of aryl methyl sites for hydroxylation is 1. The Morgan fingerprint density at radius 3 is 2.78 bits per heavy atom. The van der Waals surface area contributed by atoms with E-state index in [1.165, 1.54) is 0 Å². The lowest BCUT2D eigenvalue weighted by atomic mass is 9.97. The van der Waals surface area contributed by atoms with E-state index in [0.29, 0.717) is 13.2 Å². The summed E-state index contributed by atoms with van der Waals surface area (Å²) in [7, 11) is 1.78. The van der Waals surface area contributed by atoms with Gasteiger partial charge >= 0.3 is 5.97 Å². The van der Waals surface area contributed by atoms with Crippen LogP contribution in [-0.2, 0) is 16.1 Å². The lowest BCUT2D eigenvalue weighted by molar-refractivity contribution is -0.149. The Balaban J connectivity index is 1.84. The molecule has 1 aromatic heterocycles. The number of nitrogens with zero attached hydrogens (tertiary/aromatic N) is 3. The summed E-state index contributed by atoms with van der Waals surface area (Å²) >= 11 is 0. The molecule has 1 aromatic rings. The lowest BCUT2D eigenvalue weighted by Gasteiger charge is -2.33. The van der Waals surface area contributed by atoms with Gasteiger partial charge in [-0.1, -0.05) is 6.07 Å². The van der Waals surface area contributed by atoms with Crippen LogP contribution in [-0.4, -0.2) is 48.6 Å². The predicted molar refractivity (Wildman–Crippen MR) is 90.1 cm³/mol. The number of hydrogen-bond acceptors (Lipinski definition) is 4. The number of aliphatic imine (C=N–C) groups is 1. The Bertz CT molecular complexity index is 551. The van der Waals surface area contributed by atoms with E-state index in [0.717, 1.165) is 43.3 Å². The van der Waals surface area contributed by atoms with Crippen LogP contribution in [0.3, 0.4) is 0 Å². The number of esters is 1. The molecule has 0 saturated carbocycles. The Labute approximate surface area is 138 Å². The monoisotopic (exact) mass is 318 g/mol. The summed E-state index contributed by atoms with van der Waals surface area (Å²) in [6, 6.07) is 5.99. The number of guanidine groups is 1. The quantitative estimate of drug-likeness (QED) is 0.520. The summed E-state index contributed by atoms with van der Waals surface area (Å²) in [5.41, 5.74) is 2.00. The van der Waals surface area contributed by atoms with Crippen molar-refractivity contribution >= 4 is 11.9 Å². The average Bonchev–Trinajstić information content (AvgIpc) is 2.56. The van der Waals surface area contributed by atoms with Gasteiger partial charge in [0.15, 0.2) is 5.96 Å². The first-order valence-corrected chi connectivity index (χ1v) is 8.18. The predicted octanol–water partition coefficient (Wildman–Crippen LogP) is 1.74. The maximum absolute atomic E-state index is 11.8. The third-order valence-electron chi connectivity index (χ3n) is 4.00. The van der Waals surface area contributed by atoms with Crippen molar-refractivity contribution in [3.63, 3.8) is 0 Å². The standard InChI is InChI=1S/C17H26N4O2/c1-4-23-16(22)14-8-10-21(11-9-14)17(18-3)19-12-15-7-5-6-13(2)20-15/h5-7,14H,4,8-12H2,1-3H3,(H,18,19). The second kappa shape index (κ2) is 8.50. The topological polar surface area (TPSA) is 66.8 Å². The fourth-order valence-corrected chi connectivity index (χ4v) is 2.79. The number of nitrogens with one attached hydrogen (secondary N) is 1. The largest absolute Gasteiger partial charge is 0.466 e. The molecule has 1 aliphatic heterocycles. The van der Waals surface area contributed by atoms with Crippen LogP contribution in [0.15, 0.2) is 23.2 Å². The lowest BCUT2D eigenvalue weighted by Crippen LogP contribution is -2.46. The molecule has 2 rings (SSSR count). The zero-order valence-corrected chi connectivity index (χ0v) is 14.2. The first kappa shape index (κ1) is 17.2. The van der Waals surface area contributed by atoms with Crippen molar-refractivity contribution < 1.29 is 9.53 Å². The first-order valence-electron chi connectivity index (χ1n) is 8.18. The molecule has 0 amide bonds. The number of ether oxygens (including phenoxy) is 1. The van der Waals surface area contributed by atoms with E-state index in [4.69, 9.17) is 4.74 Å². The highest BCUT2D eigenvalue weighted by Gasteiger charge is 2.27. The van der Waals surface area contributed by atoms with E-state index in [1.807, 2.05) is 32.0 Å². The van der Waals surface area contributed by atoms with Gasteiger partial charge in [0.05, 0.1) is 24.8 Å². The second-order valence-corrected chi connectivity index (χ2v) is 5.68. The number of aromatic nitrogens is 1.